The van der Waals surface area contributed by atoms with Crippen LogP contribution in [0.25, 0.3) is 0 Å². The first kappa shape index (κ1) is 13.9. The largest absolute Gasteiger partial charge is 0.379 e. The van der Waals surface area contributed by atoms with Crippen molar-refractivity contribution in [2.75, 3.05) is 39.5 Å². The highest BCUT2D eigenvalue weighted by molar-refractivity contribution is 4.69. The molecule has 0 amide bonds. The van der Waals surface area contributed by atoms with E-state index >= 15 is 0 Å². The summed E-state index contributed by atoms with van der Waals surface area (Å²) in [5, 5.41) is 0. The van der Waals surface area contributed by atoms with Crippen LogP contribution in [0.4, 0.5) is 0 Å². The van der Waals surface area contributed by atoms with Crippen LogP contribution in [0.5, 0.6) is 0 Å². The number of likely N-dealkylation sites (N-methyl/N-ethyl adjacent to an activating group) is 1. The third-order valence-corrected chi connectivity index (χ3v) is 3.04. The van der Waals surface area contributed by atoms with Gasteiger partial charge in [-0.25, -0.2) is 0 Å². The molecule has 0 unspecified atom stereocenters. The highest BCUT2D eigenvalue weighted by Gasteiger charge is 2.18. The van der Waals surface area contributed by atoms with Gasteiger partial charge in [-0.05, 0) is 25.3 Å². The third kappa shape index (κ3) is 5.83. The van der Waals surface area contributed by atoms with Crippen LogP contribution in [0, 0.1) is 5.92 Å². The van der Waals surface area contributed by atoms with E-state index in [0.29, 0.717) is 0 Å². The predicted molar refractivity (Wildman–Crippen MR) is 66.7 cm³/mol. The zero-order valence-electron chi connectivity index (χ0n) is 11.1. The van der Waals surface area contributed by atoms with E-state index < -0.39 is 0 Å². The molecule has 1 saturated heterocycles. The van der Waals surface area contributed by atoms with Gasteiger partial charge in [0.15, 0.2) is 0 Å². The van der Waals surface area contributed by atoms with Crippen LogP contribution in [-0.2, 0) is 9.47 Å². The maximum absolute atomic E-state index is 5.67. The summed E-state index contributed by atoms with van der Waals surface area (Å²) in [7, 11) is 0. The van der Waals surface area contributed by atoms with Crippen molar-refractivity contribution >= 4 is 0 Å². The van der Waals surface area contributed by atoms with Crippen LogP contribution < -0.4 is 0 Å². The molecule has 0 saturated carbocycles. The molecular formula is C13H27NO2. The molecule has 16 heavy (non-hydrogen) atoms. The lowest BCUT2D eigenvalue weighted by atomic mass is 10.1. The van der Waals surface area contributed by atoms with E-state index in [1.165, 1.54) is 12.8 Å². The van der Waals surface area contributed by atoms with Gasteiger partial charge < -0.3 is 9.47 Å². The van der Waals surface area contributed by atoms with Gasteiger partial charge >= 0.3 is 0 Å². The highest BCUT2D eigenvalue weighted by atomic mass is 16.5. The number of rotatable bonds is 7. The molecule has 0 spiro atoms. The zero-order valence-corrected chi connectivity index (χ0v) is 11.1. The first-order valence-electron chi connectivity index (χ1n) is 6.64. The smallest absolute Gasteiger partial charge is 0.0935 e. The predicted octanol–water partition coefficient (Wildman–Crippen LogP) is 2.16. The topological polar surface area (TPSA) is 21.7 Å². The summed E-state index contributed by atoms with van der Waals surface area (Å²) in [5.74, 6) is 0.783. The second-order valence-corrected chi connectivity index (χ2v) is 5.00. The molecule has 0 aromatic heterocycles. The molecule has 1 aliphatic heterocycles. The number of hydrogen-bond acceptors (Lipinski definition) is 3. The minimum Gasteiger partial charge on any atom is -0.379 e. The normalized spacial score (nSPS) is 22.9. The summed E-state index contributed by atoms with van der Waals surface area (Å²) in [4.78, 5) is 2.42. The average molecular weight is 229 g/mol. The summed E-state index contributed by atoms with van der Waals surface area (Å²) in [6.07, 6.45) is 2.71. The summed E-state index contributed by atoms with van der Waals surface area (Å²) in [5.41, 5.74) is 0. The Morgan fingerprint density at radius 3 is 2.94 bits per heavy atom. The van der Waals surface area contributed by atoms with Gasteiger partial charge in [-0.1, -0.05) is 20.8 Å². The molecular weight excluding hydrogens is 202 g/mol. The fourth-order valence-electron chi connectivity index (χ4n) is 1.98. The molecule has 0 N–H and O–H groups in total. The summed E-state index contributed by atoms with van der Waals surface area (Å²) in [6, 6.07) is 0. The van der Waals surface area contributed by atoms with Gasteiger partial charge in [0.05, 0.1) is 19.3 Å². The first-order chi connectivity index (χ1) is 7.72. The number of hydrogen-bond donors (Lipinski definition) is 0. The molecule has 3 nitrogen and oxygen atoms in total. The summed E-state index contributed by atoms with van der Waals surface area (Å²) >= 11 is 0. The van der Waals surface area contributed by atoms with E-state index in [2.05, 4.69) is 25.7 Å². The van der Waals surface area contributed by atoms with Gasteiger partial charge in [-0.15, -0.1) is 0 Å². The zero-order chi connectivity index (χ0) is 11.8. The Morgan fingerprint density at radius 1 is 1.44 bits per heavy atom. The van der Waals surface area contributed by atoms with Gasteiger partial charge in [-0.2, -0.15) is 0 Å². The van der Waals surface area contributed by atoms with Crippen molar-refractivity contribution in [1.82, 2.24) is 4.90 Å². The molecule has 0 aliphatic carbocycles. The minimum absolute atomic E-state index is 0.285. The van der Waals surface area contributed by atoms with Crippen molar-refractivity contribution in [2.45, 2.75) is 39.7 Å². The monoisotopic (exact) mass is 229 g/mol. The summed E-state index contributed by atoms with van der Waals surface area (Å²) in [6.45, 7) is 12.4. The lowest BCUT2D eigenvalue weighted by molar-refractivity contribution is -0.0683. The van der Waals surface area contributed by atoms with E-state index in [1.807, 2.05) is 0 Å². The quantitative estimate of drug-likeness (QED) is 0.624. The summed E-state index contributed by atoms with van der Waals surface area (Å²) < 4.78 is 11.3. The molecule has 0 bridgehead atoms. The average Bonchev–Trinajstić information content (AvgIpc) is 2.28. The fourth-order valence-corrected chi connectivity index (χ4v) is 1.98. The van der Waals surface area contributed by atoms with Gasteiger partial charge in [-0.3, -0.25) is 4.90 Å². The number of morpholine rings is 1. The van der Waals surface area contributed by atoms with Crippen molar-refractivity contribution in [1.29, 1.82) is 0 Å². The standard InChI is InChI=1S/C13H27NO2/c1-4-14-7-9-16-13(10-14)11-15-8-5-6-12(2)3/h12-13H,4-11H2,1-3H3/t13-/m0/s1. The van der Waals surface area contributed by atoms with Crippen LogP contribution in [0.1, 0.15) is 33.6 Å². The maximum Gasteiger partial charge on any atom is 0.0935 e. The third-order valence-electron chi connectivity index (χ3n) is 3.04. The molecule has 0 aromatic carbocycles. The van der Waals surface area contributed by atoms with Crippen LogP contribution in [0.2, 0.25) is 0 Å². The number of ether oxygens (including phenoxy) is 2. The van der Waals surface area contributed by atoms with Gasteiger partial charge in [0.1, 0.15) is 0 Å². The van der Waals surface area contributed by atoms with Gasteiger partial charge in [0, 0.05) is 19.7 Å². The molecule has 96 valence electrons. The molecule has 1 aliphatic rings. The molecule has 0 radical (unpaired) electrons. The minimum atomic E-state index is 0.285. The molecule has 1 rings (SSSR count). The molecule has 1 atom stereocenters. The van der Waals surface area contributed by atoms with E-state index in [-0.39, 0.29) is 6.10 Å². The van der Waals surface area contributed by atoms with E-state index in [1.54, 1.807) is 0 Å². The van der Waals surface area contributed by atoms with Crippen LogP contribution in [-0.4, -0.2) is 50.5 Å². The Balaban J connectivity index is 1.99. The first-order valence-corrected chi connectivity index (χ1v) is 6.64. The molecule has 0 aromatic rings. The van der Waals surface area contributed by atoms with Gasteiger partial charge in [0.25, 0.3) is 0 Å². The molecule has 1 fully saturated rings. The van der Waals surface area contributed by atoms with Crippen molar-refractivity contribution in [3.8, 4) is 0 Å². The Morgan fingerprint density at radius 2 is 2.25 bits per heavy atom. The Bertz CT molecular complexity index is 173. The molecule has 1 heterocycles. The van der Waals surface area contributed by atoms with Crippen LogP contribution >= 0.6 is 0 Å². The maximum atomic E-state index is 5.67. The molecule has 3 heteroatoms. The van der Waals surface area contributed by atoms with E-state index in [0.717, 1.165) is 45.4 Å². The highest BCUT2D eigenvalue weighted by Crippen LogP contribution is 2.07. The van der Waals surface area contributed by atoms with Crippen molar-refractivity contribution < 1.29 is 9.47 Å². The lowest BCUT2D eigenvalue weighted by Crippen LogP contribution is -2.44. The second-order valence-electron chi connectivity index (χ2n) is 5.00. The van der Waals surface area contributed by atoms with Crippen LogP contribution in [0.15, 0.2) is 0 Å². The van der Waals surface area contributed by atoms with Crippen molar-refractivity contribution in [2.24, 2.45) is 5.92 Å². The Labute approximate surface area is 100 Å². The van der Waals surface area contributed by atoms with E-state index in [9.17, 15) is 0 Å². The fraction of sp³-hybridized carbons (Fsp3) is 1.00. The Hall–Kier alpha value is -0.120. The lowest BCUT2D eigenvalue weighted by Gasteiger charge is -2.31. The van der Waals surface area contributed by atoms with Crippen molar-refractivity contribution in [3.63, 3.8) is 0 Å². The SMILES string of the molecule is CCN1CCO[C@H](COCCCC(C)C)C1. The second kappa shape index (κ2) is 8.04. The Kier molecular flexibility index (Phi) is 7.01. The van der Waals surface area contributed by atoms with Crippen LogP contribution in [0.3, 0.4) is 0 Å². The van der Waals surface area contributed by atoms with Crippen molar-refractivity contribution in [3.05, 3.63) is 0 Å². The van der Waals surface area contributed by atoms with Gasteiger partial charge in [0.2, 0.25) is 0 Å². The number of nitrogens with zero attached hydrogens (tertiary/aromatic N) is 1. The van der Waals surface area contributed by atoms with E-state index in [4.69, 9.17) is 9.47 Å².